The average molecular weight is 426 g/mol. The molecule has 0 spiro atoms. The lowest BCUT2D eigenvalue weighted by molar-refractivity contribution is -0.384. The number of alkyl carbamates (subject to hydrolysis) is 1. The Bertz CT molecular complexity index is 994. The first-order valence-electron chi connectivity index (χ1n) is 8.92. The SMILES string of the molecule is O=C(NC(Cc1ccc([N+](=O)[O-])cc1)C(=O)Nc1nccs1)OCc1ccccc1. The number of non-ortho nitro benzene ring substituents is 1. The molecule has 3 rings (SSSR count). The van der Waals surface area contributed by atoms with Crippen molar-refractivity contribution < 1.29 is 19.2 Å². The van der Waals surface area contributed by atoms with E-state index in [9.17, 15) is 19.7 Å². The van der Waals surface area contributed by atoms with Gasteiger partial charge in [0.2, 0.25) is 5.91 Å². The Morgan fingerprint density at radius 1 is 1.10 bits per heavy atom. The number of carbonyl (C=O) groups excluding carboxylic acids is 2. The van der Waals surface area contributed by atoms with Gasteiger partial charge in [0.1, 0.15) is 12.6 Å². The third kappa shape index (κ3) is 6.11. The fourth-order valence-electron chi connectivity index (χ4n) is 2.58. The van der Waals surface area contributed by atoms with Crippen molar-refractivity contribution in [2.45, 2.75) is 19.1 Å². The minimum Gasteiger partial charge on any atom is -0.445 e. The molecule has 2 aromatic carbocycles. The summed E-state index contributed by atoms with van der Waals surface area (Å²) in [6.45, 7) is 0.0605. The number of nitrogens with one attached hydrogen (secondary N) is 2. The second-order valence-electron chi connectivity index (χ2n) is 6.21. The van der Waals surface area contributed by atoms with E-state index in [1.165, 1.54) is 23.5 Å². The number of rotatable bonds is 8. The smallest absolute Gasteiger partial charge is 0.408 e. The number of amides is 2. The van der Waals surface area contributed by atoms with Crippen LogP contribution in [0.2, 0.25) is 0 Å². The molecule has 0 aliphatic heterocycles. The highest BCUT2D eigenvalue weighted by molar-refractivity contribution is 7.13. The summed E-state index contributed by atoms with van der Waals surface area (Å²) in [5.41, 5.74) is 1.40. The first-order valence-corrected chi connectivity index (χ1v) is 9.80. The fraction of sp³-hybridized carbons (Fsp3) is 0.150. The molecule has 0 fully saturated rings. The molecule has 0 saturated heterocycles. The number of benzene rings is 2. The lowest BCUT2D eigenvalue weighted by Gasteiger charge is -2.18. The predicted molar refractivity (Wildman–Crippen MR) is 111 cm³/mol. The number of aromatic nitrogens is 1. The zero-order chi connectivity index (χ0) is 21.3. The molecule has 0 aliphatic carbocycles. The van der Waals surface area contributed by atoms with E-state index in [2.05, 4.69) is 15.6 Å². The van der Waals surface area contributed by atoms with Crippen LogP contribution in [0.3, 0.4) is 0 Å². The topological polar surface area (TPSA) is 123 Å². The van der Waals surface area contributed by atoms with Crippen LogP contribution in [0.15, 0.2) is 66.2 Å². The Kier molecular flexibility index (Phi) is 7.06. The molecule has 1 heterocycles. The Hall–Kier alpha value is -3.79. The number of thiazole rings is 1. The van der Waals surface area contributed by atoms with Gasteiger partial charge in [-0.1, -0.05) is 42.5 Å². The molecule has 0 aliphatic rings. The molecule has 0 saturated carbocycles. The molecule has 1 aromatic heterocycles. The molecule has 2 amide bonds. The van der Waals surface area contributed by atoms with Gasteiger partial charge in [-0.05, 0) is 11.1 Å². The molecule has 9 nitrogen and oxygen atoms in total. The molecule has 2 N–H and O–H groups in total. The largest absolute Gasteiger partial charge is 0.445 e. The van der Waals surface area contributed by atoms with Crippen LogP contribution in [0.5, 0.6) is 0 Å². The molecule has 30 heavy (non-hydrogen) atoms. The van der Waals surface area contributed by atoms with E-state index in [4.69, 9.17) is 4.74 Å². The van der Waals surface area contributed by atoms with E-state index >= 15 is 0 Å². The Balaban J connectivity index is 1.67. The van der Waals surface area contributed by atoms with Crippen LogP contribution in [0, 0.1) is 10.1 Å². The molecular formula is C20H18N4O5S. The third-order valence-electron chi connectivity index (χ3n) is 4.07. The number of nitro benzene ring substituents is 1. The zero-order valence-corrected chi connectivity index (χ0v) is 16.5. The van der Waals surface area contributed by atoms with Crippen LogP contribution >= 0.6 is 11.3 Å². The van der Waals surface area contributed by atoms with Crippen molar-refractivity contribution in [2.75, 3.05) is 5.32 Å². The Labute approximate surface area is 175 Å². The maximum atomic E-state index is 12.7. The van der Waals surface area contributed by atoms with Gasteiger partial charge in [-0.2, -0.15) is 0 Å². The van der Waals surface area contributed by atoms with Crippen LogP contribution in [0.1, 0.15) is 11.1 Å². The lowest BCUT2D eigenvalue weighted by atomic mass is 10.1. The highest BCUT2D eigenvalue weighted by Crippen LogP contribution is 2.15. The Morgan fingerprint density at radius 3 is 2.47 bits per heavy atom. The maximum Gasteiger partial charge on any atom is 0.408 e. The van der Waals surface area contributed by atoms with Gasteiger partial charge in [-0.15, -0.1) is 11.3 Å². The number of ether oxygens (including phenoxy) is 1. The summed E-state index contributed by atoms with van der Waals surface area (Å²) in [7, 11) is 0. The van der Waals surface area contributed by atoms with Gasteiger partial charge in [0, 0.05) is 30.1 Å². The third-order valence-corrected chi connectivity index (χ3v) is 4.76. The maximum absolute atomic E-state index is 12.7. The van der Waals surface area contributed by atoms with Crippen molar-refractivity contribution in [1.29, 1.82) is 0 Å². The normalized spacial score (nSPS) is 11.3. The summed E-state index contributed by atoms with van der Waals surface area (Å²) in [5.74, 6) is -0.472. The molecule has 0 radical (unpaired) electrons. The fourth-order valence-corrected chi connectivity index (χ4v) is 3.12. The molecule has 1 atom stereocenters. The number of carbonyl (C=O) groups is 2. The van der Waals surface area contributed by atoms with Gasteiger partial charge in [-0.25, -0.2) is 9.78 Å². The van der Waals surface area contributed by atoms with Crippen molar-refractivity contribution >= 4 is 34.2 Å². The highest BCUT2D eigenvalue weighted by atomic mass is 32.1. The van der Waals surface area contributed by atoms with Crippen molar-refractivity contribution in [3.63, 3.8) is 0 Å². The van der Waals surface area contributed by atoms with E-state index in [-0.39, 0.29) is 18.7 Å². The van der Waals surface area contributed by atoms with E-state index in [0.717, 1.165) is 5.56 Å². The summed E-state index contributed by atoms with van der Waals surface area (Å²) in [6.07, 6.45) is 0.920. The summed E-state index contributed by atoms with van der Waals surface area (Å²) in [6, 6.07) is 14.0. The van der Waals surface area contributed by atoms with Crippen molar-refractivity contribution in [3.8, 4) is 0 Å². The van der Waals surface area contributed by atoms with E-state index in [1.807, 2.05) is 30.3 Å². The average Bonchev–Trinajstić information content (AvgIpc) is 3.26. The summed E-state index contributed by atoms with van der Waals surface area (Å²) in [4.78, 5) is 39.2. The summed E-state index contributed by atoms with van der Waals surface area (Å²) < 4.78 is 5.20. The minimum absolute atomic E-state index is 0.0576. The van der Waals surface area contributed by atoms with Crippen molar-refractivity contribution in [2.24, 2.45) is 0 Å². The summed E-state index contributed by atoms with van der Waals surface area (Å²) >= 11 is 1.24. The van der Waals surface area contributed by atoms with Crippen molar-refractivity contribution in [3.05, 3.63) is 87.4 Å². The highest BCUT2D eigenvalue weighted by Gasteiger charge is 2.23. The van der Waals surface area contributed by atoms with Crippen LogP contribution in [-0.4, -0.2) is 27.9 Å². The standard InChI is InChI=1S/C20H18N4O5S/c25-18(23-19-21-10-11-30-19)17(12-14-6-8-16(9-7-14)24(27)28)22-20(26)29-13-15-4-2-1-3-5-15/h1-11,17H,12-13H2,(H,22,26)(H,21,23,25). The quantitative estimate of drug-likeness (QED) is 0.420. The van der Waals surface area contributed by atoms with Gasteiger partial charge in [0.25, 0.3) is 5.69 Å². The first kappa shape index (κ1) is 20.9. The number of anilines is 1. The molecule has 1 unspecified atom stereocenters. The monoisotopic (exact) mass is 426 g/mol. The molecular weight excluding hydrogens is 408 g/mol. The van der Waals surface area contributed by atoms with E-state index < -0.39 is 23.0 Å². The number of hydrogen-bond donors (Lipinski definition) is 2. The van der Waals surface area contributed by atoms with Gasteiger partial charge in [0.15, 0.2) is 5.13 Å². The second kappa shape index (κ2) is 10.1. The van der Waals surface area contributed by atoms with Gasteiger partial charge in [-0.3, -0.25) is 14.9 Å². The second-order valence-corrected chi connectivity index (χ2v) is 7.11. The van der Waals surface area contributed by atoms with Crippen LogP contribution in [0.4, 0.5) is 15.6 Å². The van der Waals surface area contributed by atoms with Gasteiger partial charge < -0.3 is 15.4 Å². The first-order chi connectivity index (χ1) is 14.5. The van der Waals surface area contributed by atoms with Crippen molar-refractivity contribution in [1.82, 2.24) is 10.3 Å². The Morgan fingerprint density at radius 2 is 1.83 bits per heavy atom. The molecule has 3 aromatic rings. The summed E-state index contributed by atoms with van der Waals surface area (Å²) in [5, 5.41) is 18.1. The molecule has 154 valence electrons. The van der Waals surface area contributed by atoms with Gasteiger partial charge in [0.05, 0.1) is 4.92 Å². The van der Waals surface area contributed by atoms with Crippen LogP contribution in [-0.2, 0) is 22.6 Å². The molecule has 10 heteroatoms. The number of nitrogens with zero attached hydrogens (tertiary/aromatic N) is 2. The van der Waals surface area contributed by atoms with Gasteiger partial charge >= 0.3 is 6.09 Å². The predicted octanol–water partition coefficient (Wildman–Crippen LogP) is 3.53. The number of hydrogen-bond acceptors (Lipinski definition) is 7. The van der Waals surface area contributed by atoms with Crippen LogP contribution < -0.4 is 10.6 Å². The molecule has 0 bridgehead atoms. The number of nitro groups is 1. The van der Waals surface area contributed by atoms with E-state index in [0.29, 0.717) is 10.7 Å². The lowest BCUT2D eigenvalue weighted by Crippen LogP contribution is -2.45. The zero-order valence-electron chi connectivity index (χ0n) is 15.7. The van der Waals surface area contributed by atoms with Crippen LogP contribution in [0.25, 0.3) is 0 Å². The van der Waals surface area contributed by atoms with E-state index in [1.54, 1.807) is 23.7 Å². The minimum atomic E-state index is -0.960.